The molecule has 1 N–H and O–H groups in total. The van der Waals surface area contributed by atoms with Crippen molar-refractivity contribution in [2.45, 2.75) is 43.0 Å². The molecule has 1 saturated carbocycles. The SMILES string of the molecule is COc1cc([N+](=O)[O-])cc2sc(NC(=O)c3ccc(S(=O)(=O)N(C)C4CCCCC4)cc3)nc12. The molecule has 2 aromatic carbocycles. The summed E-state index contributed by atoms with van der Waals surface area (Å²) in [6.45, 7) is 0. The number of ether oxygens (including phenoxy) is 1. The summed E-state index contributed by atoms with van der Waals surface area (Å²) in [4.78, 5) is 27.8. The maximum absolute atomic E-state index is 13.0. The molecule has 1 aromatic heterocycles. The summed E-state index contributed by atoms with van der Waals surface area (Å²) < 4.78 is 33.1. The maximum Gasteiger partial charge on any atom is 0.274 e. The van der Waals surface area contributed by atoms with E-state index in [1.807, 2.05) is 0 Å². The quantitative estimate of drug-likeness (QED) is 0.372. The Morgan fingerprint density at radius 3 is 2.50 bits per heavy atom. The first-order valence-corrected chi connectivity index (χ1v) is 13.0. The molecule has 0 saturated heterocycles. The van der Waals surface area contributed by atoms with Crippen molar-refractivity contribution in [1.29, 1.82) is 0 Å². The number of aromatic nitrogens is 1. The third-order valence-corrected chi connectivity index (χ3v) is 8.82. The first-order valence-electron chi connectivity index (χ1n) is 10.7. The zero-order valence-corrected chi connectivity index (χ0v) is 20.3. The van der Waals surface area contributed by atoms with Gasteiger partial charge in [-0.25, -0.2) is 13.4 Å². The highest BCUT2D eigenvalue weighted by atomic mass is 32.2. The fourth-order valence-electron chi connectivity index (χ4n) is 4.05. The standard InChI is InChI=1S/C22H24N4O6S2/c1-25(15-6-4-3-5-7-15)34(30,31)17-10-8-14(9-11-17)21(27)24-22-23-20-18(32-2)12-16(26(28)29)13-19(20)33-22/h8-13,15H,3-7H2,1-2H3,(H,23,24,27). The zero-order valence-electron chi connectivity index (χ0n) is 18.7. The topological polar surface area (TPSA) is 132 Å². The largest absolute Gasteiger partial charge is 0.494 e. The highest BCUT2D eigenvalue weighted by Crippen LogP contribution is 2.36. The van der Waals surface area contributed by atoms with E-state index >= 15 is 0 Å². The van der Waals surface area contributed by atoms with Crippen molar-refractivity contribution in [3.05, 3.63) is 52.1 Å². The van der Waals surface area contributed by atoms with Crippen LogP contribution in [-0.2, 0) is 10.0 Å². The average molecular weight is 505 g/mol. The predicted octanol–water partition coefficient (Wildman–Crippen LogP) is 4.42. The van der Waals surface area contributed by atoms with Gasteiger partial charge in [0.15, 0.2) is 10.9 Å². The van der Waals surface area contributed by atoms with E-state index in [4.69, 9.17) is 4.74 Å². The zero-order chi connectivity index (χ0) is 24.5. The minimum absolute atomic E-state index is 0.00595. The van der Waals surface area contributed by atoms with E-state index in [2.05, 4.69) is 10.3 Å². The second-order valence-electron chi connectivity index (χ2n) is 8.06. The molecule has 1 fully saturated rings. The number of thiazole rings is 1. The number of nitro groups is 1. The summed E-state index contributed by atoms with van der Waals surface area (Å²) in [5.74, 6) is -0.241. The van der Waals surface area contributed by atoms with Crippen molar-refractivity contribution < 1.29 is 22.9 Å². The van der Waals surface area contributed by atoms with Gasteiger partial charge < -0.3 is 4.74 Å². The fourth-order valence-corrected chi connectivity index (χ4v) is 6.38. The number of amides is 1. The Balaban J connectivity index is 1.52. The number of benzene rings is 2. The highest BCUT2D eigenvalue weighted by molar-refractivity contribution is 7.89. The lowest BCUT2D eigenvalue weighted by Crippen LogP contribution is -2.38. The van der Waals surface area contributed by atoms with Gasteiger partial charge >= 0.3 is 0 Å². The molecule has 1 amide bonds. The van der Waals surface area contributed by atoms with E-state index in [-0.39, 0.29) is 33.1 Å². The Bertz CT molecular complexity index is 1330. The molecule has 1 heterocycles. The second-order valence-corrected chi connectivity index (χ2v) is 11.1. The number of hydrogen-bond donors (Lipinski definition) is 1. The molecule has 3 aromatic rings. The van der Waals surface area contributed by atoms with Crippen molar-refractivity contribution in [2.24, 2.45) is 0 Å². The fraction of sp³-hybridized carbons (Fsp3) is 0.364. The van der Waals surface area contributed by atoms with Gasteiger partial charge in [0, 0.05) is 24.7 Å². The molecule has 34 heavy (non-hydrogen) atoms. The van der Waals surface area contributed by atoms with Crippen molar-refractivity contribution in [2.75, 3.05) is 19.5 Å². The maximum atomic E-state index is 13.0. The smallest absolute Gasteiger partial charge is 0.274 e. The van der Waals surface area contributed by atoms with Crippen molar-refractivity contribution in [3.63, 3.8) is 0 Å². The lowest BCUT2D eigenvalue weighted by molar-refractivity contribution is -0.384. The number of methoxy groups -OCH3 is 1. The van der Waals surface area contributed by atoms with Gasteiger partial charge in [0.25, 0.3) is 11.6 Å². The third-order valence-electron chi connectivity index (χ3n) is 5.98. The summed E-state index contributed by atoms with van der Waals surface area (Å²) in [6.07, 6.45) is 4.88. The number of nitrogens with one attached hydrogen (secondary N) is 1. The lowest BCUT2D eigenvalue weighted by atomic mass is 9.96. The summed E-state index contributed by atoms with van der Waals surface area (Å²) >= 11 is 1.08. The van der Waals surface area contributed by atoms with E-state index < -0.39 is 20.9 Å². The van der Waals surface area contributed by atoms with E-state index in [9.17, 15) is 23.3 Å². The molecule has 10 nitrogen and oxygen atoms in total. The number of non-ortho nitro benzene ring substituents is 1. The highest BCUT2D eigenvalue weighted by Gasteiger charge is 2.29. The Hall–Kier alpha value is -3.09. The van der Waals surface area contributed by atoms with E-state index in [1.54, 1.807) is 7.05 Å². The van der Waals surface area contributed by atoms with Crippen LogP contribution in [0.15, 0.2) is 41.3 Å². The summed E-state index contributed by atoms with van der Waals surface area (Å²) in [5, 5.41) is 14.0. The number of fused-ring (bicyclic) bond motifs is 1. The Kier molecular flexibility index (Phi) is 6.82. The Morgan fingerprint density at radius 1 is 1.21 bits per heavy atom. The number of anilines is 1. The number of nitro benzene ring substituents is 1. The van der Waals surface area contributed by atoms with E-state index in [0.717, 1.165) is 43.4 Å². The van der Waals surface area contributed by atoms with Crippen molar-refractivity contribution in [1.82, 2.24) is 9.29 Å². The Labute approximate surface area is 200 Å². The van der Waals surface area contributed by atoms with Crippen LogP contribution in [0.2, 0.25) is 0 Å². The molecule has 1 aliphatic carbocycles. The van der Waals surface area contributed by atoms with Crippen LogP contribution in [0.3, 0.4) is 0 Å². The number of rotatable bonds is 7. The van der Waals surface area contributed by atoms with Crippen LogP contribution in [0, 0.1) is 10.1 Å². The van der Waals surface area contributed by atoms with Gasteiger partial charge in [-0.2, -0.15) is 4.31 Å². The third kappa shape index (κ3) is 4.74. The van der Waals surface area contributed by atoms with Gasteiger partial charge in [0.1, 0.15) is 5.52 Å². The van der Waals surface area contributed by atoms with Crippen molar-refractivity contribution in [3.8, 4) is 5.75 Å². The van der Waals surface area contributed by atoms with Gasteiger partial charge in [-0.05, 0) is 37.1 Å². The molecule has 0 spiro atoms. The number of carbonyl (C=O) groups excluding carboxylic acids is 1. The van der Waals surface area contributed by atoms with Crippen LogP contribution in [-0.4, -0.2) is 48.7 Å². The van der Waals surface area contributed by atoms with E-state index in [1.165, 1.54) is 47.8 Å². The number of carbonyl (C=O) groups is 1. The minimum Gasteiger partial charge on any atom is -0.494 e. The van der Waals surface area contributed by atoms with Crippen LogP contribution in [0.4, 0.5) is 10.8 Å². The molecule has 0 unspecified atom stereocenters. The summed E-state index contributed by atoms with van der Waals surface area (Å²) in [5.41, 5.74) is 0.526. The van der Waals surface area contributed by atoms with Crippen LogP contribution >= 0.6 is 11.3 Å². The number of sulfonamides is 1. The average Bonchev–Trinajstić information content (AvgIpc) is 3.25. The predicted molar refractivity (Wildman–Crippen MR) is 129 cm³/mol. The second kappa shape index (κ2) is 9.65. The van der Waals surface area contributed by atoms with Crippen LogP contribution in [0.1, 0.15) is 42.5 Å². The molecular formula is C22H24N4O6S2. The molecule has 4 rings (SSSR count). The monoisotopic (exact) mass is 504 g/mol. The summed E-state index contributed by atoms with van der Waals surface area (Å²) in [7, 11) is -0.659. The molecule has 12 heteroatoms. The first-order chi connectivity index (χ1) is 16.2. The van der Waals surface area contributed by atoms with Crippen LogP contribution in [0.5, 0.6) is 5.75 Å². The van der Waals surface area contributed by atoms with Crippen LogP contribution < -0.4 is 10.1 Å². The van der Waals surface area contributed by atoms with Gasteiger partial charge in [0.05, 0.1) is 27.7 Å². The molecule has 1 aliphatic rings. The number of nitrogens with zero attached hydrogens (tertiary/aromatic N) is 3. The van der Waals surface area contributed by atoms with Gasteiger partial charge in [-0.3, -0.25) is 20.2 Å². The van der Waals surface area contributed by atoms with Crippen LogP contribution in [0.25, 0.3) is 10.2 Å². The molecule has 180 valence electrons. The molecule has 0 aliphatic heterocycles. The molecular weight excluding hydrogens is 480 g/mol. The van der Waals surface area contributed by atoms with Gasteiger partial charge in [-0.15, -0.1) is 0 Å². The summed E-state index contributed by atoms with van der Waals surface area (Å²) in [6, 6.07) is 8.40. The van der Waals surface area contributed by atoms with Crippen molar-refractivity contribution >= 4 is 48.3 Å². The molecule has 0 radical (unpaired) electrons. The van der Waals surface area contributed by atoms with Gasteiger partial charge in [0.2, 0.25) is 10.0 Å². The normalized spacial score (nSPS) is 14.9. The van der Waals surface area contributed by atoms with Gasteiger partial charge in [-0.1, -0.05) is 30.6 Å². The minimum atomic E-state index is -3.65. The lowest BCUT2D eigenvalue weighted by Gasteiger charge is -2.30. The molecule has 0 atom stereocenters. The first kappa shape index (κ1) is 24.0. The number of hydrogen-bond acceptors (Lipinski definition) is 8. The Morgan fingerprint density at radius 2 is 1.88 bits per heavy atom. The molecule has 0 bridgehead atoms. The van der Waals surface area contributed by atoms with E-state index in [0.29, 0.717) is 10.2 Å².